The Balaban J connectivity index is 2.06. The lowest BCUT2D eigenvalue weighted by molar-refractivity contribution is 0.0950. The Morgan fingerprint density at radius 1 is 1.47 bits per heavy atom. The molecule has 1 aromatic heterocycles. The smallest absolute Gasteiger partial charge is 0.256 e. The molecule has 19 heavy (non-hydrogen) atoms. The van der Waals surface area contributed by atoms with Crippen molar-refractivity contribution in [2.24, 2.45) is 0 Å². The second-order valence-corrected chi connectivity index (χ2v) is 4.05. The van der Waals surface area contributed by atoms with Gasteiger partial charge >= 0.3 is 0 Å². The van der Waals surface area contributed by atoms with Crippen molar-refractivity contribution in [1.29, 1.82) is 5.26 Å². The third-order valence-corrected chi connectivity index (χ3v) is 2.78. The summed E-state index contributed by atoms with van der Waals surface area (Å²) < 4.78 is 18.3. The largest absolute Gasteiger partial charge is 0.452 e. The van der Waals surface area contributed by atoms with E-state index in [1.165, 1.54) is 24.5 Å². The average molecular weight is 279 g/mol. The molecule has 1 heterocycles. The van der Waals surface area contributed by atoms with E-state index in [-0.39, 0.29) is 28.5 Å². The molecule has 0 radical (unpaired) electrons. The van der Waals surface area contributed by atoms with E-state index in [2.05, 4.69) is 5.32 Å². The van der Waals surface area contributed by atoms with Crippen LogP contribution in [-0.4, -0.2) is 5.91 Å². The molecule has 1 N–H and O–H groups in total. The highest BCUT2D eigenvalue weighted by molar-refractivity contribution is 6.32. The lowest BCUT2D eigenvalue weighted by atomic mass is 10.1. The standard InChI is InChI=1S/C13H8ClFN2O2/c14-12-10(3-4-19-12)13(18)17-7-9-2-1-8(6-16)5-11(9)15/h1-5H,7H2,(H,17,18). The first-order valence-electron chi connectivity index (χ1n) is 5.31. The second-order valence-electron chi connectivity index (χ2n) is 3.71. The number of benzene rings is 1. The van der Waals surface area contributed by atoms with Gasteiger partial charge < -0.3 is 9.73 Å². The Hall–Kier alpha value is -2.32. The summed E-state index contributed by atoms with van der Waals surface area (Å²) in [6.45, 7) is -0.00210. The van der Waals surface area contributed by atoms with Gasteiger partial charge in [0.2, 0.25) is 5.22 Å². The highest BCUT2D eigenvalue weighted by Gasteiger charge is 2.13. The quantitative estimate of drug-likeness (QED) is 0.939. The van der Waals surface area contributed by atoms with Crippen molar-refractivity contribution < 1.29 is 13.6 Å². The van der Waals surface area contributed by atoms with Gasteiger partial charge in [-0.25, -0.2) is 4.39 Å². The van der Waals surface area contributed by atoms with Crippen molar-refractivity contribution in [3.8, 4) is 6.07 Å². The lowest BCUT2D eigenvalue weighted by Gasteiger charge is -2.05. The number of hydrogen-bond donors (Lipinski definition) is 1. The summed E-state index contributed by atoms with van der Waals surface area (Å²) in [4.78, 5) is 11.7. The predicted molar refractivity (Wildman–Crippen MR) is 66.0 cm³/mol. The Labute approximate surface area is 113 Å². The van der Waals surface area contributed by atoms with Crippen LogP contribution in [0.3, 0.4) is 0 Å². The van der Waals surface area contributed by atoms with Crippen LogP contribution in [0.4, 0.5) is 4.39 Å². The molecule has 6 heteroatoms. The maximum absolute atomic E-state index is 13.6. The lowest BCUT2D eigenvalue weighted by Crippen LogP contribution is -2.23. The van der Waals surface area contributed by atoms with Gasteiger partial charge in [-0.3, -0.25) is 4.79 Å². The number of nitriles is 1. The number of halogens is 2. The van der Waals surface area contributed by atoms with Gasteiger partial charge in [-0.1, -0.05) is 6.07 Å². The minimum atomic E-state index is -0.544. The summed E-state index contributed by atoms with van der Waals surface area (Å²) in [5.41, 5.74) is 0.702. The molecule has 0 aliphatic carbocycles. The number of carbonyl (C=O) groups excluding carboxylic acids is 1. The van der Waals surface area contributed by atoms with Crippen LogP contribution in [0.25, 0.3) is 0 Å². The van der Waals surface area contributed by atoms with Crippen molar-refractivity contribution in [3.05, 3.63) is 58.3 Å². The molecular formula is C13H8ClFN2O2. The zero-order valence-electron chi connectivity index (χ0n) is 9.61. The van der Waals surface area contributed by atoms with Crippen molar-refractivity contribution in [3.63, 3.8) is 0 Å². The molecule has 0 saturated carbocycles. The number of rotatable bonds is 3. The van der Waals surface area contributed by atoms with Crippen LogP contribution >= 0.6 is 11.6 Å². The zero-order chi connectivity index (χ0) is 13.8. The van der Waals surface area contributed by atoms with Gasteiger partial charge in [0, 0.05) is 12.1 Å². The van der Waals surface area contributed by atoms with Gasteiger partial charge in [0.1, 0.15) is 5.82 Å². The average Bonchev–Trinajstić information content (AvgIpc) is 2.83. The van der Waals surface area contributed by atoms with Crippen molar-refractivity contribution in [2.45, 2.75) is 6.54 Å². The van der Waals surface area contributed by atoms with Gasteiger partial charge in [0.05, 0.1) is 23.5 Å². The van der Waals surface area contributed by atoms with Crippen LogP contribution in [0, 0.1) is 17.1 Å². The van der Waals surface area contributed by atoms with Crippen molar-refractivity contribution in [2.75, 3.05) is 0 Å². The molecule has 0 atom stereocenters. The minimum absolute atomic E-state index is 0.00210. The molecule has 1 aromatic carbocycles. The van der Waals surface area contributed by atoms with Crippen LogP contribution < -0.4 is 5.32 Å². The van der Waals surface area contributed by atoms with Crippen LogP contribution in [-0.2, 0) is 6.54 Å². The number of nitrogens with one attached hydrogen (secondary N) is 1. The highest BCUT2D eigenvalue weighted by Crippen LogP contribution is 2.16. The summed E-state index contributed by atoms with van der Waals surface area (Å²) in [5, 5.41) is 11.1. The monoisotopic (exact) mass is 278 g/mol. The predicted octanol–water partition coefficient (Wildman–Crippen LogP) is 2.87. The Morgan fingerprint density at radius 2 is 2.26 bits per heavy atom. The molecule has 0 saturated heterocycles. The van der Waals surface area contributed by atoms with Crippen LogP contribution in [0.2, 0.25) is 5.22 Å². The van der Waals surface area contributed by atoms with Crippen molar-refractivity contribution in [1.82, 2.24) is 5.32 Å². The van der Waals surface area contributed by atoms with Gasteiger partial charge in [-0.2, -0.15) is 5.26 Å². The number of carbonyl (C=O) groups is 1. The molecule has 0 fully saturated rings. The fraction of sp³-hybridized carbons (Fsp3) is 0.0769. The summed E-state index contributed by atoms with van der Waals surface area (Å²) in [6, 6.07) is 7.30. The third kappa shape index (κ3) is 2.92. The highest BCUT2D eigenvalue weighted by atomic mass is 35.5. The molecule has 4 nitrogen and oxygen atoms in total. The van der Waals surface area contributed by atoms with Gasteiger partial charge in [-0.05, 0) is 29.8 Å². The first-order valence-corrected chi connectivity index (χ1v) is 5.69. The molecule has 2 rings (SSSR count). The van der Waals surface area contributed by atoms with Crippen LogP contribution in [0.1, 0.15) is 21.5 Å². The Bertz CT molecular complexity index is 661. The fourth-order valence-electron chi connectivity index (χ4n) is 1.49. The number of hydrogen-bond acceptors (Lipinski definition) is 3. The minimum Gasteiger partial charge on any atom is -0.452 e. The van der Waals surface area contributed by atoms with Crippen LogP contribution in [0.15, 0.2) is 34.9 Å². The maximum Gasteiger partial charge on any atom is 0.256 e. The van der Waals surface area contributed by atoms with Crippen molar-refractivity contribution >= 4 is 17.5 Å². The normalized spacial score (nSPS) is 9.95. The van der Waals surface area contributed by atoms with E-state index < -0.39 is 11.7 Å². The van der Waals surface area contributed by atoms with Gasteiger partial charge in [-0.15, -0.1) is 0 Å². The molecule has 96 valence electrons. The van der Waals surface area contributed by atoms with E-state index in [4.69, 9.17) is 21.3 Å². The number of furan rings is 1. The van der Waals surface area contributed by atoms with E-state index in [1.54, 1.807) is 0 Å². The van der Waals surface area contributed by atoms with E-state index in [0.717, 1.165) is 6.07 Å². The van der Waals surface area contributed by atoms with E-state index in [0.29, 0.717) is 0 Å². The third-order valence-electron chi connectivity index (χ3n) is 2.48. The van der Waals surface area contributed by atoms with E-state index in [1.807, 2.05) is 6.07 Å². The summed E-state index contributed by atoms with van der Waals surface area (Å²) in [6.07, 6.45) is 1.29. The van der Waals surface area contributed by atoms with Crippen LogP contribution in [0.5, 0.6) is 0 Å². The number of amides is 1. The molecule has 2 aromatic rings. The molecule has 0 aliphatic heterocycles. The molecular weight excluding hydrogens is 271 g/mol. The topological polar surface area (TPSA) is 66.0 Å². The molecule has 0 spiro atoms. The SMILES string of the molecule is N#Cc1ccc(CNC(=O)c2ccoc2Cl)c(F)c1. The first-order chi connectivity index (χ1) is 9.11. The maximum atomic E-state index is 13.6. The van der Waals surface area contributed by atoms with E-state index in [9.17, 15) is 9.18 Å². The van der Waals surface area contributed by atoms with Gasteiger partial charge in [0.25, 0.3) is 5.91 Å². The summed E-state index contributed by atoms with van der Waals surface area (Å²) in [5.74, 6) is -1.000. The van der Waals surface area contributed by atoms with E-state index >= 15 is 0 Å². The fourth-order valence-corrected chi connectivity index (χ4v) is 1.69. The zero-order valence-corrected chi connectivity index (χ0v) is 10.4. The molecule has 0 aliphatic rings. The molecule has 0 unspecified atom stereocenters. The summed E-state index contributed by atoms with van der Waals surface area (Å²) >= 11 is 5.65. The first kappa shape index (κ1) is 13.1. The Morgan fingerprint density at radius 3 is 2.84 bits per heavy atom. The second kappa shape index (κ2) is 5.55. The Kier molecular flexibility index (Phi) is 3.83. The van der Waals surface area contributed by atoms with Gasteiger partial charge in [0.15, 0.2) is 0 Å². The summed E-state index contributed by atoms with van der Waals surface area (Å²) in [7, 11) is 0. The molecule has 1 amide bonds. The number of nitrogens with zero attached hydrogens (tertiary/aromatic N) is 1. The molecule has 0 bridgehead atoms.